The lowest BCUT2D eigenvalue weighted by atomic mass is 10.1. The fourth-order valence-electron chi connectivity index (χ4n) is 2.61. The van der Waals surface area contributed by atoms with Gasteiger partial charge in [0.25, 0.3) is 5.91 Å². The van der Waals surface area contributed by atoms with Crippen molar-refractivity contribution >= 4 is 29.0 Å². The van der Waals surface area contributed by atoms with Crippen molar-refractivity contribution in [1.29, 1.82) is 0 Å². The molecule has 2 aromatic rings. The van der Waals surface area contributed by atoms with E-state index in [2.05, 4.69) is 35.9 Å². The Morgan fingerprint density at radius 3 is 2.36 bits per heavy atom. The maximum absolute atomic E-state index is 12.5. The highest BCUT2D eigenvalue weighted by Gasteiger charge is 2.15. The first-order valence-electron chi connectivity index (χ1n) is 8.31. The summed E-state index contributed by atoms with van der Waals surface area (Å²) in [6, 6.07) is 8.72. The van der Waals surface area contributed by atoms with Crippen molar-refractivity contribution in [2.24, 2.45) is 0 Å². The minimum absolute atomic E-state index is 0.0460. The Balaban J connectivity index is 2.05. The zero-order chi connectivity index (χ0) is 18.6. The Morgan fingerprint density at radius 2 is 1.76 bits per heavy atom. The third kappa shape index (κ3) is 5.32. The number of rotatable bonds is 5. The van der Waals surface area contributed by atoms with Crippen LogP contribution in [0.2, 0.25) is 0 Å². The van der Waals surface area contributed by atoms with Crippen LogP contribution in [0.3, 0.4) is 0 Å². The quantitative estimate of drug-likeness (QED) is 0.741. The van der Waals surface area contributed by atoms with Gasteiger partial charge in [0, 0.05) is 27.0 Å². The first-order chi connectivity index (χ1) is 11.8. The molecule has 3 N–H and O–H groups in total. The molecule has 0 spiro atoms. The number of nitrogens with one attached hydrogen (secondary N) is 3. The lowest BCUT2D eigenvalue weighted by Gasteiger charge is -2.15. The summed E-state index contributed by atoms with van der Waals surface area (Å²) < 4.78 is 0. The molecule has 5 nitrogen and oxygen atoms in total. The molecule has 1 atom stereocenters. The molecule has 0 fully saturated rings. The van der Waals surface area contributed by atoms with Gasteiger partial charge < -0.3 is 16.0 Å². The number of hydrogen-bond donors (Lipinski definition) is 3. The van der Waals surface area contributed by atoms with Gasteiger partial charge in [0.15, 0.2) is 0 Å². The Morgan fingerprint density at radius 1 is 1.04 bits per heavy atom. The van der Waals surface area contributed by atoms with E-state index in [9.17, 15) is 9.59 Å². The second kappa shape index (κ2) is 8.16. The monoisotopic (exact) mass is 359 g/mol. The van der Waals surface area contributed by atoms with Crippen LogP contribution in [-0.4, -0.2) is 18.0 Å². The summed E-state index contributed by atoms with van der Waals surface area (Å²) >= 11 is 1.73. The molecule has 0 aliphatic carbocycles. The molecule has 1 unspecified atom stereocenters. The number of urea groups is 1. The predicted molar refractivity (Wildman–Crippen MR) is 103 cm³/mol. The highest BCUT2D eigenvalue weighted by Crippen LogP contribution is 2.26. The molecule has 1 aromatic carbocycles. The van der Waals surface area contributed by atoms with Crippen LogP contribution >= 0.6 is 11.3 Å². The fourth-order valence-corrected chi connectivity index (χ4v) is 3.63. The number of anilines is 1. The first kappa shape index (κ1) is 19.0. The molecule has 0 bridgehead atoms. The fraction of sp³-hybridized carbons (Fsp3) is 0.368. The molecule has 0 saturated carbocycles. The molecule has 1 heterocycles. The normalized spacial score (nSPS) is 11.9. The van der Waals surface area contributed by atoms with E-state index in [0.717, 1.165) is 5.56 Å². The van der Waals surface area contributed by atoms with Crippen LogP contribution in [0.1, 0.15) is 52.5 Å². The van der Waals surface area contributed by atoms with Crippen molar-refractivity contribution in [3.05, 3.63) is 51.2 Å². The maximum Gasteiger partial charge on any atom is 0.319 e. The van der Waals surface area contributed by atoms with E-state index in [4.69, 9.17) is 0 Å². The van der Waals surface area contributed by atoms with Gasteiger partial charge in [-0.05, 0) is 64.4 Å². The highest BCUT2D eigenvalue weighted by molar-refractivity contribution is 7.12. The third-order valence-electron chi connectivity index (χ3n) is 3.70. The average molecular weight is 359 g/mol. The number of aryl methyl sites for hydroxylation is 2. The number of benzene rings is 1. The maximum atomic E-state index is 12.5. The van der Waals surface area contributed by atoms with E-state index in [-0.39, 0.29) is 24.0 Å². The van der Waals surface area contributed by atoms with E-state index in [1.807, 2.05) is 20.8 Å². The molecular weight excluding hydrogens is 334 g/mol. The Hall–Kier alpha value is -2.34. The molecule has 25 heavy (non-hydrogen) atoms. The molecule has 6 heteroatoms. The van der Waals surface area contributed by atoms with Crippen LogP contribution < -0.4 is 16.0 Å². The van der Waals surface area contributed by atoms with Crippen molar-refractivity contribution in [3.8, 4) is 0 Å². The average Bonchev–Trinajstić information content (AvgIpc) is 2.85. The number of carbonyl (C=O) groups excluding carboxylic acids is 2. The van der Waals surface area contributed by atoms with E-state index in [1.54, 1.807) is 35.6 Å². The van der Waals surface area contributed by atoms with Gasteiger partial charge in [-0.3, -0.25) is 4.79 Å². The predicted octanol–water partition coefficient (Wildman–Crippen LogP) is 4.39. The highest BCUT2D eigenvalue weighted by atomic mass is 32.1. The minimum atomic E-state index is -0.287. The number of amides is 3. The van der Waals surface area contributed by atoms with Crippen LogP contribution in [-0.2, 0) is 0 Å². The van der Waals surface area contributed by atoms with E-state index in [0.29, 0.717) is 11.3 Å². The molecule has 134 valence electrons. The lowest BCUT2D eigenvalue weighted by molar-refractivity contribution is 0.0940. The summed E-state index contributed by atoms with van der Waals surface area (Å²) in [6.45, 7) is 9.88. The van der Waals surface area contributed by atoms with Crippen LogP contribution in [0.25, 0.3) is 0 Å². The van der Waals surface area contributed by atoms with Gasteiger partial charge >= 0.3 is 6.03 Å². The number of thiophene rings is 1. The number of carbonyl (C=O) groups is 2. The molecule has 0 radical (unpaired) electrons. The van der Waals surface area contributed by atoms with Gasteiger partial charge in [0.05, 0.1) is 6.04 Å². The van der Waals surface area contributed by atoms with E-state index < -0.39 is 0 Å². The molecule has 0 aliphatic heterocycles. The summed E-state index contributed by atoms with van der Waals surface area (Å²) in [5.74, 6) is -0.163. The van der Waals surface area contributed by atoms with E-state index in [1.165, 1.54) is 9.75 Å². The standard InChI is InChI=1S/C19H25N3O2S/c1-11(2)20-19(24)22-16-8-6-7-15(10-16)18(23)21-13(4)17-9-12(3)25-14(17)5/h6-11,13H,1-5H3,(H,21,23)(H2,20,22,24). The Bertz CT molecular complexity index is 768. The first-order valence-corrected chi connectivity index (χ1v) is 9.13. The summed E-state index contributed by atoms with van der Waals surface area (Å²) in [5.41, 5.74) is 2.24. The topological polar surface area (TPSA) is 70.2 Å². The van der Waals surface area contributed by atoms with Crippen LogP contribution in [0.15, 0.2) is 30.3 Å². The van der Waals surface area contributed by atoms with Crippen LogP contribution in [0, 0.1) is 13.8 Å². The van der Waals surface area contributed by atoms with Gasteiger partial charge in [-0.15, -0.1) is 11.3 Å². The molecule has 0 saturated heterocycles. The summed E-state index contributed by atoms with van der Waals surface area (Å²) in [5, 5.41) is 8.51. The van der Waals surface area contributed by atoms with Gasteiger partial charge in [-0.25, -0.2) is 4.79 Å². The Labute approximate surface area is 152 Å². The van der Waals surface area contributed by atoms with Crippen molar-refractivity contribution in [3.63, 3.8) is 0 Å². The Kier molecular flexibility index (Phi) is 6.20. The van der Waals surface area contributed by atoms with Crippen molar-refractivity contribution < 1.29 is 9.59 Å². The van der Waals surface area contributed by atoms with Crippen LogP contribution in [0.5, 0.6) is 0 Å². The largest absolute Gasteiger partial charge is 0.345 e. The summed E-state index contributed by atoms with van der Waals surface area (Å²) in [7, 11) is 0. The van der Waals surface area contributed by atoms with Crippen LogP contribution in [0.4, 0.5) is 10.5 Å². The molecule has 2 rings (SSSR count). The zero-order valence-electron chi connectivity index (χ0n) is 15.3. The summed E-state index contributed by atoms with van der Waals surface area (Å²) in [4.78, 5) is 26.8. The van der Waals surface area contributed by atoms with Gasteiger partial charge in [-0.2, -0.15) is 0 Å². The lowest BCUT2D eigenvalue weighted by Crippen LogP contribution is -2.34. The molecular formula is C19H25N3O2S. The van der Waals surface area contributed by atoms with Gasteiger partial charge in [0.1, 0.15) is 0 Å². The van der Waals surface area contributed by atoms with Crippen molar-refractivity contribution in [1.82, 2.24) is 10.6 Å². The third-order valence-corrected chi connectivity index (χ3v) is 4.68. The summed E-state index contributed by atoms with van der Waals surface area (Å²) in [6.07, 6.45) is 0. The number of hydrogen-bond acceptors (Lipinski definition) is 3. The zero-order valence-corrected chi connectivity index (χ0v) is 16.1. The van der Waals surface area contributed by atoms with E-state index >= 15 is 0 Å². The smallest absolute Gasteiger partial charge is 0.319 e. The second-order valence-corrected chi connectivity index (χ2v) is 7.86. The van der Waals surface area contributed by atoms with Gasteiger partial charge in [-0.1, -0.05) is 6.07 Å². The SMILES string of the molecule is Cc1cc(C(C)NC(=O)c2cccc(NC(=O)NC(C)C)c2)c(C)s1. The molecule has 3 amide bonds. The second-order valence-electron chi connectivity index (χ2n) is 6.40. The molecule has 1 aromatic heterocycles. The van der Waals surface area contributed by atoms with Gasteiger partial charge in [0.2, 0.25) is 0 Å². The van der Waals surface area contributed by atoms with Crippen molar-refractivity contribution in [2.75, 3.05) is 5.32 Å². The van der Waals surface area contributed by atoms with Crippen molar-refractivity contribution in [2.45, 2.75) is 46.7 Å². The molecule has 0 aliphatic rings. The minimum Gasteiger partial charge on any atom is -0.345 e.